The maximum absolute atomic E-state index is 12.5. The number of aryl methyl sites for hydroxylation is 1. The number of hydrogen-bond acceptors (Lipinski definition) is 5. The predicted octanol–water partition coefficient (Wildman–Crippen LogP) is 5.38. The van der Waals surface area contributed by atoms with Gasteiger partial charge in [0.25, 0.3) is 5.91 Å². The van der Waals surface area contributed by atoms with Gasteiger partial charge in [-0.3, -0.25) is 9.59 Å². The summed E-state index contributed by atoms with van der Waals surface area (Å²) in [6, 6.07) is 21.0. The molecule has 7 nitrogen and oxygen atoms in total. The van der Waals surface area contributed by atoms with Crippen LogP contribution in [0.25, 0.3) is 0 Å². The molecule has 0 saturated carbocycles. The number of nitrogens with zero attached hydrogens (tertiary/aromatic N) is 1. The van der Waals surface area contributed by atoms with E-state index in [0.29, 0.717) is 31.6 Å². The first-order chi connectivity index (χ1) is 18.5. The van der Waals surface area contributed by atoms with Gasteiger partial charge in [0.1, 0.15) is 11.5 Å². The Morgan fingerprint density at radius 2 is 1.84 bits per heavy atom. The molecule has 38 heavy (non-hydrogen) atoms. The summed E-state index contributed by atoms with van der Waals surface area (Å²) in [7, 11) is 1.66. The van der Waals surface area contributed by atoms with Crippen molar-refractivity contribution in [2.45, 2.75) is 39.2 Å². The number of rotatable bonds is 11. The van der Waals surface area contributed by atoms with Crippen molar-refractivity contribution in [2.24, 2.45) is 0 Å². The molecule has 0 bridgehead atoms. The van der Waals surface area contributed by atoms with Crippen LogP contribution >= 0.6 is 0 Å². The van der Waals surface area contributed by atoms with Crippen LogP contribution < -0.4 is 19.7 Å². The van der Waals surface area contributed by atoms with E-state index in [2.05, 4.69) is 16.3 Å². The number of carbonyl (C=O) groups is 2. The van der Waals surface area contributed by atoms with E-state index in [0.717, 1.165) is 52.5 Å². The minimum atomic E-state index is -0.809. The topological polar surface area (TPSA) is 88.1 Å². The monoisotopic (exact) mass is 514 g/mol. The molecule has 0 saturated heterocycles. The molecule has 3 aromatic rings. The zero-order valence-corrected chi connectivity index (χ0v) is 21.9. The van der Waals surface area contributed by atoms with E-state index in [1.807, 2.05) is 61.5 Å². The minimum absolute atomic E-state index is 0.0809. The minimum Gasteiger partial charge on any atom is -0.497 e. The van der Waals surface area contributed by atoms with Crippen LogP contribution in [0.3, 0.4) is 0 Å². The molecule has 0 spiro atoms. The molecule has 0 fully saturated rings. The third-order valence-corrected chi connectivity index (χ3v) is 6.78. The lowest BCUT2D eigenvalue weighted by Crippen LogP contribution is -2.31. The smallest absolute Gasteiger partial charge is 0.303 e. The summed E-state index contributed by atoms with van der Waals surface area (Å²) < 4.78 is 11.6. The van der Waals surface area contributed by atoms with Crippen LogP contribution in [0.2, 0.25) is 0 Å². The summed E-state index contributed by atoms with van der Waals surface area (Å²) in [6.07, 6.45) is 3.78. The van der Waals surface area contributed by atoms with Gasteiger partial charge in [0, 0.05) is 54.5 Å². The number of methoxy groups -OCH3 is 1. The lowest BCUT2D eigenvalue weighted by molar-refractivity contribution is -0.136. The van der Waals surface area contributed by atoms with Gasteiger partial charge in [-0.05, 0) is 61.2 Å². The van der Waals surface area contributed by atoms with Gasteiger partial charge >= 0.3 is 5.97 Å². The Balaban J connectivity index is 1.47. The Kier molecular flexibility index (Phi) is 9.03. The molecule has 0 atom stereocenters. The Hall–Kier alpha value is -4.26. The van der Waals surface area contributed by atoms with E-state index in [4.69, 9.17) is 9.47 Å². The maximum Gasteiger partial charge on any atom is 0.303 e. The van der Waals surface area contributed by atoms with Crippen molar-refractivity contribution in [2.75, 3.05) is 25.2 Å². The van der Waals surface area contributed by atoms with Gasteiger partial charge in [0.2, 0.25) is 0 Å². The fourth-order valence-corrected chi connectivity index (χ4v) is 4.70. The average Bonchev–Trinajstić information content (AvgIpc) is 2.96. The van der Waals surface area contributed by atoms with Crippen molar-refractivity contribution in [1.29, 1.82) is 0 Å². The van der Waals surface area contributed by atoms with Crippen LogP contribution in [-0.4, -0.2) is 37.2 Å². The van der Waals surface area contributed by atoms with Crippen molar-refractivity contribution in [1.82, 2.24) is 5.32 Å². The van der Waals surface area contributed by atoms with Gasteiger partial charge in [-0.15, -0.1) is 0 Å². The molecule has 4 rings (SSSR count). The molecule has 0 unspecified atom stereocenters. The number of anilines is 1. The second-order valence-electron chi connectivity index (χ2n) is 9.18. The molecular formula is C31H34N2O5. The number of amides is 1. The SMILES string of the molecule is C/C=C(\CCOc1ccc(CCC(=O)O)c2c1CCN(c1cccc(OC)c1)C2)NC(=O)c1ccccc1. The largest absolute Gasteiger partial charge is 0.497 e. The fraction of sp³-hybridized carbons (Fsp3) is 0.290. The summed E-state index contributed by atoms with van der Waals surface area (Å²) >= 11 is 0. The molecule has 3 aromatic carbocycles. The van der Waals surface area contributed by atoms with E-state index in [1.54, 1.807) is 19.2 Å². The summed E-state index contributed by atoms with van der Waals surface area (Å²) in [5.41, 5.74) is 5.77. The molecule has 1 aliphatic rings. The van der Waals surface area contributed by atoms with E-state index in [9.17, 15) is 14.7 Å². The Morgan fingerprint density at radius 1 is 1.03 bits per heavy atom. The summed E-state index contributed by atoms with van der Waals surface area (Å²) in [4.78, 5) is 26.1. The molecule has 1 heterocycles. The zero-order valence-electron chi connectivity index (χ0n) is 21.9. The Bertz CT molecular complexity index is 1300. The average molecular weight is 515 g/mol. The number of ether oxygens (including phenoxy) is 2. The highest BCUT2D eigenvalue weighted by molar-refractivity contribution is 5.95. The van der Waals surface area contributed by atoms with E-state index in [-0.39, 0.29) is 12.3 Å². The molecule has 1 amide bonds. The highest BCUT2D eigenvalue weighted by Crippen LogP contribution is 2.34. The van der Waals surface area contributed by atoms with E-state index < -0.39 is 5.97 Å². The standard InChI is InChI=1S/C31H34N2O5/c1-3-24(32-31(36)23-8-5-4-6-9-23)17-19-38-29-14-12-22(13-15-30(34)35)28-21-33(18-16-27(28)29)25-10-7-11-26(20-25)37-2/h3-12,14,20H,13,15-19,21H2,1-2H3,(H,32,36)(H,34,35)/b24-3+. The fourth-order valence-electron chi connectivity index (χ4n) is 4.70. The van der Waals surface area contributed by atoms with Crippen molar-refractivity contribution in [3.8, 4) is 11.5 Å². The molecule has 0 radical (unpaired) electrons. The number of aliphatic carboxylic acids is 1. The lowest BCUT2D eigenvalue weighted by atomic mass is 9.91. The molecule has 198 valence electrons. The number of hydrogen-bond donors (Lipinski definition) is 2. The van der Waals surface area contributed by atoms with Crippen LogP contribution in [0.4, 0.5) is 5.69 Å². The first-order valence-electron chi connectivity index (χ1n) is 12.9. The normalized spacial score (nSPS) is 13.0. The van der Waals surface area contributed by atoms with Gasteiger partial charge in [0.05, 0.1) is 13.7 Å². The van der Waals surface area contributed by atoms with Gasteiger partial charge < -0.3 is 24.8 Å². The van der Waals surface area contributed by atoms with Gasteiger partial charge in [-0.1, -0.05) is 36.4 Å². The molecule has 2 N–H and O–H groups in total. The van der Waals surface area contributed by atoms with Crippen molar-refractivity contribution in [3.63, 3.8) is 0 Å². The van der Waals surface area contributed by atoms with Crippen LogP contribution in [0.15, 0.2) is 78.5 Å². The first-order valence-corrected chi connectivity index (χ1v) is 12.9. The number of fused-ring (bicyclic) bond motifs is 1. The Labute approximate surface area is 223 Å². The van der Waals surface area contributed by atoms with Crippen LogP contribution in [0, 0.1) is 0 Å². The molecule has 7 heteroatoms. The van der Waals surface area contributed by atoms with Crippen LogP contribution in [-0.2, 0) is 24.2 Å². The predicted molar refractivity (Wildman–Crippen MR) is 148 cm³/mol. The number of benzene rings is 3. The summed E-state index contributed by atoms with van der Waals surface area (Å²) in [5.74, 6) is 0.664. The third kappa shape index (κ3) is 6.73. The second-order valence-corrected chi connectivity index (χ2v) is 9.18. The number of carboxylic acid groups (broad SMARTS) is 1. The Morgan fingerprint density at radius 3 is 2.58 bits per heavy atom. The van der Waals surface area contributed by atoms with Crippen molar-refractivity contribution >= 4 is 17.6 Å². The second kappa shape index (κ2) is 12.8. The highest BCUT2D eigenvalue weighted by Gasteiger charge is 2.23. The molecule has 1 aliphatic heterocycles. The van der Waals surface area contributed by atoms with Gasteiger partial charge in [0.15, 0.2) is 0 Å². The number of nitrogens with one attached hydrogen (secondary N) is 1. The lowest BCUT2D eigenvalue weighted by Gasteiger charge is -2.33. The molecule has 0 aliphatic carbocycles. The van der Waals surface area contributed by atoms with Crippen molar-refractivity contribution in [3.05, 3.63) is 101 Å². The van der Waals surface area contributed by atoms with E-state index >= 15 is 0 Å². The summed E-state index contributed by atoms with van der Waals surface area (Å²) in [5, 5.41) is 12.2. The van der Waals surface area contributed by atoms with Gasteiger partial charge in [-0.2, -0.15) is 0 Å². The molecular weight excluding hydrogens is 480 g/mol. The van der Waals surface area contributed by atoms with Crippen LogP contribution in [0.1, 0.15) is 46.8 Å². The van der Waals surface area contributed by atoms with Crippen LogP contribution in [0.5, 0.6) is 11.5 Å². The third-order valence-electron chi connectivity index (χ3n) is 6.78. The first kappa shape index (κ1) is 26.8. The molecule has 0 aromatic heterocycles. The highest BCUT2D eigenvalue weighted by atomic mass is 16.5. The van der Waals surface area contributed by atoms with Gasteiger partial charge in [-0.25, -0.2) is 0 Å². The zero-order chi connectivity index (χ0) is 26.9. The van der Waals surface area contributed by atoms with Crippen molar-refractivity contribution < 1.29 is 24.2 Å². The van der Waals surface area contributed by atoms with E-state index in [1.165, 1.54) is 0 Å². The quantitative estimate of drug-likeness (QED) is 0.357. The number of carboxylic acids is 1. The number of carbonyl (C=O) groups excluding carboxylic acids is 1. The maximum atomic E-state index is 12.5. The number of allylic oxidation sites excluding steroid dienone is 1. The summed E-state index contributed by atoms with van der Waals surface area (Å²) in [6.45, 7) is 3.79.